The van der Waals surface area contributed by atoms with Gasteiger partial charge >= 0.3 is 6.03 Å². The minimum Gasteiger partial charge on any atom is -0.497 e. The van der Waals surface area contributed by atoms with E-state index in [1.807, 2.05) is 24.3 Å². The first-order chi connectivity index (χ1) is 13.1. The second-order valence-corrected chi connectivity index (χ2v) is 9.40. The van der Waals surface area contributed by atoms with Crippen molar-refractivity contribution < 1.29 is 9.53 Å². The molecule has 4 aliphatic carbocycles. The van der Waals surface area contributed by atoms with E-state index in [1.54, 1.807) is 7.11 Å². The molecule has 0 atom stereocenters. The molecule has 4 saturated carbocycles. The number of benzene rings is 1. The molecule has 1 aromatic heterocycles. The Balaban J connectivity index is 1.24. The first-order valence-electron chi connectivity index (χ1n) is 9.68. The predicted molar refractivity (Wildman–Crippen MR) is 105 cm³/mol. The highest BCUT2D eigenvalue weighted by Crippen LogP contribution is 2.55. The molecule has 0 unspecified atom stereocenters. The minimum absolute atomic E-state index is 0.00232. The molecule has 4 bridgehead atoms. The van der Waals surface area contributed by atoms with Crippen LogP contribution in [0, 0.1) is 17.8 Å². The molecular formula is C20H24N4O2S. The molecule has 0 spiro atoms. The van der Waals surface area contributed by atoms with Crippen LogP contribution in [0.1, 0.15) is 38.5 Å². The van der Waals surface area contributed by atoms with Crippen molar-refractivity contribution in [2.45, 2.75) is 44.1 Å². The lowest BCUT2D eigenvalue weighted by Crippen LogP contribution is -2.60. The Morgan fingerprint density at radius 2 is 1.70 bits per heavy atom. The van der Waals surface area contributed by atoms with Gasteiger partial charge in [0, 0.05) is 11.1 Å². The summed E-state index contributed by atoms with van der Waals surface area (Å²) in [6.07, 6.45) is 7.51. The molecule has 0 aliphatic heterocycles. The molecule has 2 aromatic rings. The van der Waals surface area contributed by atoms with E-state index in [0.717, 1.165) is 53.3 Å². The van der Waals surface area contributed by atoms with Crippen LogP contribution in [0.3, 0.4) is 0 Å². The number of nitrogens with zero attached hydrogens (tertiary/aromatic N) is 2. The number of amides is 2. The number of anilines is 1. The van der Waals surface area contributed by atoms with E-state index < -0.39 is 0 Å². The Kier molecular flexibility index (Phi) is 4.07. The molecule has 4 fully saturated rings. The summed E-state index contributed by atoms with van der Waals surface area (Å²) in [6.45, 7) is 0. The number of carbonyl (C=O) groups excluding carboxylic acids is 1. The maximum Gasteiger partial charge on any atom is 0.321 e. The summed E-state index contributed by atoms with van der Waals surface area (Å²) in [4.78, 5) is 12.6. The van der Waals surface area contributed by atoms with Gasteiger partial charge in [-0.3, -0.25) is 5.32 Å². The summed E-state index contributed by atoms with van der Waals surface area (Å²) in [5, 5.41) is 15.9. The van der Waals surface area contributed by atoms with E-state index >= 15 is 0 Å². The minimum atomic E-state index is -0.144. The van der Waals surface area contributed by atoms with Crippen LogP contribution < -0.4 is 15.4 Å². The highest BCUT2D eigenvalue weighted by Gasteiger charge is 2.51. The average molecular weight is 385 g/mol. The normalized spacial score (nSPS) is 30.9. The topological polar surface area (TPSA) is 76.1 Å². The number of hydrogen-bond donors (Lipinski definition) is 2. The van der Waals surface area contributed by atoms with Crippen molar-refractivity contribution in [1.29, 1.82) is 0 Å². The highest BCUT2D eigenvalue weighted by atomic mass is 32.1. The quantitative estimate of drug-likeness (QED) is 0.824. The number of rotatable bonds is 4. The highest BCUT2D eigenvalue weighted by molar-refractivity contribution is 7.18. The number of nitrogens with one attached hydrogen (secondary N) is 2. The van der Waals surface area contributed by atoms with Crippen LogP contribution in [0.4, 0.5) is 9.93 Å². The van der Waals surface area contributed by atoms with Crippen molar-refractivity contribution in [3.05, 3.63) is 24.3 Å². The number of hydrogen-bond acceptors (Lipinski definition) is 5. The van der Waals surface area contributed by atoms with Crippen LogP contribution in [-0.2, 0) is 0 Å². The van der Waals surface area contributed by atoms with E-state index in [-0.39, 0.29) is 11.6 Å². The van der Waals surface area contributed by atoms with Crippen LogP contribution in [0.25, 0.3) is 10.6 Å². The van der Waals surface area contributed by atoms with Gasteiger partial charge in [0.15, 0.2) is 0 Å². The van der Waals surface area contributed by atoms with Gasteiger partial charge < -0.3 is 10.1 Å². The molecule has 142 valence electrons. The van der Waals surface area contributed by atoms with Crippen LogP contribution in [0.5, 0.6) is 5.75 Å². The Bertz CT molecular complexity index is 813. The first-order valence-corrected chi connectivity index (χ1v) is 10.5. The lowest BCUT2D eigenvalue weighted by atomic mass is 9.53. The molecule has 6 rings (SSSR count). The Morgan fingerprint density at radius 1 is 1.07 bits per heavy atom. The predicted octanol–water partition coefficient (Wildman–Crippen LogP) is 4.30. The van der Waals surface area contributed by atoms with Gasteiger partial charge in [-0.15, -0.1) is 10.2 Å². The Morgan fingerprint density at radius 3 is 2.30 bits per heavy atom. The first kappa shape index (κ1) is 17.0. The van der Waals surface area contributed by atoms with Gasteiger partial charge in [0.25, 0.3) is 0 Å². The number of ether oxygens (including phenoxy) is 1. The number of methoxy groups -OCH3 is 1. The third kappa shape index (κ3) is 3.29. The van der Waals surface area contributed by atoms with Crippen molar-refractivity contribution in [2.75, 3.05) is 12.4 Å². The van der Waals surface area contributed by atoms with Crippen LogP contribution in [-0.4, -0.2) is 28.9 Å². The van der Waals surface area contributed by atoms with E-state index in [4.69, 9.17) is 4.74 Å². The second kappa shape index (κ2) is 6.48. The van der Waals surface area contributed by atoms with Gasteiger partial charge in [0.1, 0.15) is 10.8 Å². The summed E-state index contributed by atoms with van der Waals surface area (Å²) in [6, 6.07) is 7.53. The largest absolute Gasteiger partial charge is 0.497 e. The maximum atomic E-state index is 12.6. The van der Waals surface area contributed by atoms with Gasteiger partial charge in [-0.2, -0.15) is 0 Å². The maximum absolute atomic E-state index is 12.6. The Hall–Kier alpha value is -2.15. The smallest absolute Gasteiger partial charge is 0.321 e. The van der Waals surface area contributed by atoms with Gasteiger partial charge in [-0.25, -0.2) is 4.79 Å². The SMILES string of the molecule is COc1ccc(-c2nnc(NC(=O)NC34CC5CC(CC(C5)C3)C4)s2)cc1. The van der Waals surface area contributed by atoms with Gasteiger partial charge in [-0.05, 0) is 80.5 Å². The average Bonchev–Trinajstić information content (AvgIpc) is 3.08. The number of carbonyl (C=O) groups is 1. The molecule has 2 amide bonds. The summed E-state index contributed by atoms with van der Waals surface area (Å²) in [5.41, 5.74) is 0.963. The molecule has 6 nitrogen and oxygen atoms in total. The molecule has 1 heterocycles. The van der Waals surface area contributed by atoms with Crippen molar-refractivity contribution in [3.63, 3.8) is 0 Å². The van der Waals surface area contributed by atoms with Crippen molar-refractivity contribution in [3.8, 4) is 16.3 Å². The molecule has 27 heavy (non-hydrogen) atoms. The van der Waals surface area contributed by atoms with Crippen LogP contribution >= 0.6 is 11.3 Å². The van der Waals surface area contributed by atoms with E-state index in [1.165, 1.54) is 30.6 Å². The van der Waals surface area contributed by atoms with Crippen molar-refractivity contribution in [1.82, 2.24) is 15.5 Å². The molecule has 0 radical (unpaired) electrons. The molecule has 0 saturated heterocycles. The standard InChI is InChI=1S/C20H24N4O2S/c1-26-16-4-2-15(3-5-16)17-23-24-19(27-17)21-18(25)22-20-9-12-6-13(10-20)8-14(7-12)11-20/h2-5,12-14H,6-11H2,1H3,(H2,21,22,24,25). The lowest BCUT2D eigenvalue weighted by molar-refractivity contribution is -0.0127. The third-order valence-corrected chi connectivity index (χ3v) is 7.29. The number of aromatic nitrogens is 2. The number of urea groups is 1. The summed E-state index contributed by atoms with van der Waals surface area (Å²) in [7, 11) is 1.64. The summed E-state index contributed by atoms with van der Waals surface area (Å²) in [5.74, 6) is 3.22. The van der Waals surface area contributed by atoms with Gasteiger partial charge in [0.05, 0.1) is 7.11 Å². The third-order valence-electron chi connectivity index (χ3n) is 6.40. The fourth-order valence-electron chi connectivity index (χ4n) is 5.76. The van der Waals surface area contributed by atoms with E-state index in [0.29, 0.717) is 5.13 Å². The zero-order valence-corrected chi connectivity index (χ0v) is 16.2. The summed E-state index contributed by atoms with van der Waals surface area (Å²) >= 11 is 1.39. The van der Waals surface area contributed by atoms with E-state index in [9.17, 15) is 4.79 Å². The fraction of sp³-hybridized carbons (Fsp3) is 0.550. The lowest BCUT2D eigenvalue weighted by Gasteiger charge is -2.56. The van der Waals surface area contributed by atoms with Crippen LogP contribution in [0.2, 0.25) is 0 Å². The van der Waals surface area contributed by atoms with Gasteiger partial charge in [0.2, 0.25) is 5.13 Å². The van der Waals surface area contributed by atoms with Crippen molar-refractivity contribution in [2.24, 2.45) is 17.8 Å². The zero-order chi connectivity index (χ0) is 18.4. The monoisotopic (exact) mass is 384 g/mol. The van der Waals surface area contributed by atoms with Gasteiger partial charge in [-0.1, -0.05) is 11.3 Å². The Labute approximate surface area is 162 Å². The molecule has 7 heteroatoms. The molecule has 4 aliphatic rings. The fourth-order valence-corrected chi connectivity index (χ4v) is 6.50. The molecule has 1 aromatic carbocycles. The molecule has 2 N–H and O–H groups in total. The summed E-state index contributed by atoms with van der Waals surface area (Å²) < 4.78 is 5.18. The van der Waals surface area contributed by atoms with E-state index in [2.05, 4.69) is 20.8 Å². The van der Waals surface area contributed by atoms with Crippen molar-refractivity contribution >= 4 is 22.5 Å². The second-order valence-electron chi connectivity index (χ2n) is 8.42. The molecular weight excluding hydrogens is 360 g/mol. The zero-order valence-electron chi connectivity index (χ0n) is 15.4. The van der Waals surface area contributed by atoms with Crippen LogP contribution in [0.15, 0.2) is 24.3 Å².